The summed E-state index contributed by atoms with van der Waals surface area (Å²) in [6, 6.07) is 0. The molecule has 2 atom stereocenters. The molecule has 0 amide bonds. The number of unbranched alkanes of at least 4 members (excludes halogenated alkanes) is 2. The van der Waals surface area contributed by atoms with Gasteiger partial charge in [0.25, 0.3) is 0 Å². The van der Waals surface area contributed by atoms with E-state index in [2.05, 4.69) is 141 Å². The fraction of sp³-hybridized carbons (Fsp3) is 0.805. The molecule has 2 unspecified atom stereocenters. The van der Waals surface area contributed by atoms with Gasteiger partial charge in [0.05, 0.1) is 0 Å². The SMILES string of the molecule is CC1=C(C)C(C)(C)C(C([CH](C)[Hf])P(C(C)(C)C)C(C)(C)C)=C1C.CCCC[P](CCCC)[Hf]([CH3])([CH3])[C]1=C(C)C(C)=C(C)C1(C)C. The Morgan fingerprint density at radius 2 is 1.04 bits per heavy atom. The van der Waals surface area contributed by atoms with Gasteiger partial charge in [-0.3, -0.25) is 0 Å². The van der Waals surface area contributed by atoms with Gasteiger partial charge >= 0.3 is 309 Å². The summed E-state index contributed by atoms with van der Waals surface area (Å²) in [6.45, 7) is 46.3. The molecule has 0 N–H and O–H groups in total. The van der Waals surface area contributed by atoms with Gasteiger partial charge in [0.1, 0.15) is 0 Å². The van der Waals surface area contributed by atoms with Gasteiger partial charge in [-0.05, 0) is 0 Å². The first-order valence-electron chi connectivity index (χ1n) is 18.2. The molecule has 45 heavy (non-hydrogen) atoms. The Morgan fingerprint density at radius 3 is 1.31 bits per heavy atom. The molecule has 2 aliphatic carbocycles. The summed E-state index contributed by atoms with van der Waals surface area (Å²) in [4.78, 5) is 0. The zero-order chi connectivity index (χ0) is 35.7. The molecule has 2 rings (SSSR count). The van der Waals surface area contributed by atoms with Crippen molar-refractivity contribution in [1.82, 2.24) is 0 Å². The topological polar surface area (TPSA) is 0 Å². The van der Waals surface area contributed by atoms with Crippen molar-refractivity contribution in [2.75, 3.05) is 12.3 Å². The zero-order valence-electron chi connectivity index (χ0n) is 34.3. The summed E-state index contributed by atoms with van der Waals surface area (Å²) < 4.78 is 8.34. The second kappa shape index (κ2) is 16.7. The standard InChI is InChI=1S/C21H38P.C10H15.C8H18P.2CH3.2Hf/c1-13-17(22(19(5,6)7)20(8,9)10)18-15(3)14(2)16(4)21(18,11)12;1-7-6-10(4,5)9(3)8(7)2;1-3-5-7-9-8-6-4-2;;;;/h13,17H,1-12H3;1-5H3;3-8H2,1-2H3;2*1H3;;/q;;-1;;;;+1. The Morgan fingerprint density at radius 1 is 0.667 bits per heavy atom. The number of hydrogen-bond acceptors (Lipinski definition) is 0. The average molecular weight is 989 g/mol. The molecule has 0 aliphatic heterocycles. The van der Waals surface area contributed by atoms with Crippen LogP contribution in [0.15, 0.2) is 42.3 Å². The Balaban J connectivity index is 0.000000450. The van der Waals surface area contributed by atoms with E-state index < -0.39 is 19.4 Å². The summed E-state index contributed by atoms with van der Waals surface area (Å²) in [7, 11) is -0.130. The number of hydrogen-bond donors (Lipinski definition) is 0. The van der Waals surface area contributed by atoms with Crippen LogP contribution >= 0.6 is 13.2 Å². The van der Waals surface area contributed by atoms with Gasteiger partial charge in [-0.25, -0.2) is 0 Å². The molecule has 0 aromatic carbocycles. The van der Waals surface area contributed by atoms with Crippen LogP contribution in [0.4, 0.5) is 0 Å². The van der Waals surface area contributed by atoms with Gasteiger partial charge in [0.2, 0.25) is 0 Å². The van der Waals surface area contributed by atoms with Crippen molar-refractivity contribution < 1.29 is 43.8 Å². The van der Waals surface area contributed by atoms with E-state index in [0.29, 0.717) is 15.7 Å². The predicted octanol–water partition coefficient (Wildman–Crippen LogP) is 15.4. The Kier molecular flexibility index (Phi) is 16.6. The van der Waals surface area contributed by atoms with Gasteiger partial charge < -0.3 is 0 Å². The molecule has 0 aromatic rings. The fourth-order valence-corrected chi connectivity index (χ4v) is 51.8. The molecule has 0 heterocycles. The van der Waals surface area contributed by atoms with E-state index in [-0.39, 0.29) is 18.6 Å². The average Bonchev–Trinajstić information content (AvgIpc) is 3.13. The zero-order valence-corrected chi connectivity index (χ0v) is 43.3. The first kappa shape index (κ1) is 44.6. The van der Waals surface area contributed by atoms with E-state index in [0.717, 1.165) is 9.33 Å². The van der Waals surface area contributed by atoms with Crippen molar-refractivity contribution in [3.8, 4) is 0 Å². The molecule has 2 aliphatic rings. The Bertz CT molecular complexity index is 1140. The minimum absolute atomic E-state index is 0.130. The molecule has 0 saturated carbocycles. The molecular formula is C41H77Hf2P2. The van der Waals surface area contributed by atoms with Crippen molar-refractivity contribution in [2.45, 2.75) is 186 Å². The molecule has 0 aromatic heterocycles. The molecule has 0 nitrogen and oxygen atoms in total. The summed E-state index contributed by atoms with van der Waals surface area (Å²) >= 11 is -1.11. The summed E-state index contributed by atoms with van der Waals surface area (Å²) in [6.07, 6.45) is 8.74. The summed E-state index contributed by atoms with van der Waals surface area (Å²) in [5, 5.41) is 1.05. The van der Waals surface area contributed by atoms with E-state index >= 15 is 0 Å². The van der Waals surface area contributed by atoms with Crippen LogP contribution < -0.4 is 0 Å². The van der Waals surface area contributed by atoms with Crippen molar-refractivity contribution in [3.05, 3.63) is 42.3 Å². The maximum absolute atomic E-state index is 2.77. The van der Waals surface area contributed by atoms with Gasteiger partial charge in [-0.15, -0.1) is 0 Å². The number of rotatable bonds is 11. The molecule has 259 valence electrons. The van der Waals surface area contributed by atoms with E-state index in [4.69, 9.17) is 0 Å². The summed E-state index contributed by atoms with van der Waals surface area (Å²) in [5.74, 6) is 0. The predicted molar refractivity (Wildman–Crippen MR) is 208 cm³/mol. The molecule has 0 bridgehead atoms. The van der Waals surface area contributed by atoms with Crippen LogP contribution in [0.5, 0.6) is 0 Å². The molecular weight excluding hydrogens is 911 g/mol. The van der Waals surface area contributed by atoms with E-state index in [1.807, 2.05) is 3.33 Å². The molecule has 0 spiro atoms. The summed E-state index contributed by atoms with van der Waals surface area (Å²) in [5.41, 5.74) is 12.8. The Hall–Kier alpha value is 1.56. The van der Waals surface area contributed by atoms with Crippen LogP contribution in [0.25, 0.3) is 0 Å². The first-order valence-corrected chi connectivity index (χ1v) is 37.2. The van der Waals surface area contributed by atoms with Crippen LogP contribution in [0, 0.1) is 10.8 Å². The van der Waals surface area contributed by atoms with Crippen LogP contribution in [-0.2, 0) is 43.8 Å². The third kappa shape index (κ3) is 9.88. The van der Waals surface area contributed by atoms with Crippen LogP contribution in [0.3, 0.4) is 0 Å². The second-order valence-corrected chi connectivity index (χ2v) is 56.2. The molecule has 4 heteroatoms. The van der Waals surface area contributed by atoms with E-state index in [9.17, 15) is 0 Å². The van der Waals surface area contributed by atoms with Crippen molar-refractivity contribution in [2.24, 2.45) is 10.8 Å². The maximum atomic E-state index is 2.77. The van der Waals surface area contributed by atoms with Gasteiger partial charge in [-0.2, -0.15) is 0 Å². The van der Waals surface area contributed by atoms with Crippen molar-refractivity contribution >= 4 is 13.2 Å². The van der Waals surface area contributed by atoms with Crippen molar-refractivity contribution in [1.29, 1.82) is 0 Å². The van der Waals surface area contributed by atoms with E-state index in [1.54, 1.807) is 51.3 Å². The number of allylic oxidation sites excluding steroid dienone is 8. The first-order chi connectivity index (χ1) is 20.2. The third-order valence-corrected chi connectivity index (χ3v) is 53.0. The van der Waals surface area contributed by atoms with Crippen molar-refractivity contribution in [3.63, 3.8) is 0 Å². The fourth-order valence-electron chi connectivity index (χ4n) is 9.00. The van der Waals surface area contributed by atoms with Crippen LogP contribution in [0.2, 0.25) is 13.0 Å². The van der Waals surface area contributed by atoms with Gasteiger partial charge in [0.15, 0.2) is 0 Å². The normalized spacial score (nSPS) is 20.5. The molecule has 0 radical (unpaired) electrons. The minimum atomic E-state index is -2.39. The van der Waals surface area contributed by atoms with E-state index in [1.165, 1.54) is 50.1 Å². The van der Waals surface area contributed by atoms with Gasteiger partial charge in [-0.1, -0.05) is 0 Å². The quantitative estimate of drug-likeness (QED) is 0.143. The monoisotopic (exact) mass is 991 g/mol. The molecule has 0 fully saturated rings. The van der Waals surface area contributed by atoms with Gasteiger partial charge in [0, 0.05) is 0 Å². The van der Waals surface area contributed by atoms with Crippen LogP contribution in [0.1, 0.15) is 157 Å². The second-order valence-electron chi connectivity index (χ2n) is 18.0. The Labute approximate surface area is 306 Å². The van der Waals surface area contributed by atoms with Crippen LogP contribution in [-0.4, -0.2) is 28.3 Å². The third-order valence-electron chi connectivity index (χ3n) is 11.7. The molecule has 0 saturated heterocycles.